The Bertz CT molecular complexity index is 517. The summed E-state index contributed by atoms with van der Waals surface area (Å²) in [5, 5.41) is 9.82. The van der Waals surface area contributed by atoms with Crippen LogP contribution >= 0.6 is 0 Å². The number of aromatic carboxylic acids is 1. The normalized spacial score (nSPS) is 10.8. The maximum atomic E-state index is 10.8. The van der Waals surface area contributed by atoms with Gasteiger partial charge < -0.3 is 10.1 Å². The van der Waals surface area contributed by atoms with Crippen LogP contribution in [0.1, 0.15) is 35.7 Å². The zero-order valence-electron chi connectivity index (χ0n) is 9.16. The number of hydrogen-bond donors (Lipinski definition) is 2. The van der Waals surface area contributed by atoms with Gasteiger partial charge in [-0.25, -0.2) is 9.78 Å². The first-order valence-electron chi connectivity index (χ1n) is 5.41. The number of carboxylic acids is 1. The third kappa shape index (κ3) is 1.91. The molecule has 84 valence electrons. The molecule has 0 atom stereocenters. The number of unbranched alkanes of at least 4 members (excludes halogenated alkanes) is 1. The number of carboxylic acid groups (broad SMARTS) is 1. The summed E-state index contributed by atoms with van der Waals surface area (Å²) in [6, 6.07) is 1.69. The monoisotopic (exact) mass is 218 g/mol. The molecule has 0 unspecified atom stereocenters. The van der Waals surface area contributed by atoms with Gasteiger partial charge in [0.15, 0.2) is 0 Å². The fourth-order valence-electron chi connectivity index (χ4n) is 1.75. The highest BCUT2D eigenvalue weighted by Crippen LogP contribution is 2.19. The number of pyridine rings is 1. The van der Waals surface area contributed by atoms with E-state index in [1.807, 2.05) is 6.20 Å². The summed E-state index contributed by atoms with van der Waals surface area (Å²) in [7, 11) is 0. The molecule has 2 aromatic rings. The van der Waals surface area contributed by atoms with Crippen LogP contribution in [0.25, 0.3) is 11.0 Å². The highest BCUT2D eigenvalue weighted by Gasteiger charge is 2.08. The largest absolute Gasteiger partial charge is 0.478 e. The first kappa shape index (κ1) is 10.7. The van der Waals surface area contributed by atoms with E-state index in [4.69, 9.17) is 5.11 Å². The van der Waals surface area contributed by atoms with Gasteiger partial charge in [0.25, 0.3) is 0 Å². The lowest BCUT2D eigenvalue weighted by atomic mass is 10.1. The van der Waals surface area contributed by atoms with E-state index in [0.717, 1.165) is 35.9 Å². The molecule has 0 aliphatic heterocycles. The number of H-pyrrole nitrogens is 1. The quantitative estimate of drug-likeness (QED) is 0.828. The van der Waals surface area contributed by atoms with Crippen LogP contribution in [0.3, 0.4) is 0 Å². The average molecular weight is 218 g/mol. The van der Waals surface area contributed by atoms with Crippen molar-refractivity contribution in [3.63, 3.8) is 0 Å². The number of aryl methyl sites for hydroxylation is 1. The Balaban J connectivity index is 2.43. The van der Waals surface area contributed by atoms with Crippen molar-refractivity contribution in [3.05, 3.63) is 29.6 Å². The van der Waals surface area contributed by atoms with Gasteiger partial charge in [0.05, 0.1) is 5.56 Å². The van der Waals surface area contributed by atoms with Gasteiger partial charge >= 0.3 is 5.97 Å². The molecule has 2 rings (SSSR count). The number of hydrogen-bond acceptors (Lipinski definition) is 2. The zero-order chi connectivity index (χ0) is 11.5. The molecule has 0 aliphatic carbocycles. The maximum Gasteiger partial charge on any atom is 0.337 e. The van der Waals surface area contributed by atoms with Crippen molar-refractivity contribution in [1.29, 1.82) is 0 Å². The molecule has 2 N–H and O–H groups in total. The van der Waals surface area contributed by atoms with Gasteiger partial charge in [0.1, 0.15) is 5.65 Å². The maximum absolute atomic E-state index is 10.8. The summed E-state index contributed by atoms with van der Waals surface area (Å²) in [6.07, 6.45) is 6.48. The number of aromatic amines is 1. The molecule has 16 heavy (non-hydrogen) atoms. The van der Waals surface area contributed by atoms with Crippen LogP contribution in [0.2, 0.25) is 0 Å². The Morgan fingerprint density at radius 2 is 2.38 bits per heavy atom. The third-order valence-electron chi connectivity index (χ3n) is 2.66. The van der Waals surface area contributed by atoms with Gasteiger partial charge in [-0.2, -0.15) is 0 Å². The minimum absolute atomic E-state index is 0.241. The summed E-state index contributed by atoms with van der Waals surface area (Å²) >= 11 is 0. The van der Waals surface area contributed by atoms with Crippen LogP contribution in [0.4, 0.5) is 0 Å². The minimum Gasteiger partial charge on any atom is -0.478 e. The first-order chi connectivity index (χ1) is 7.72. The molecule has 2 heterocycles. The Hall–Kier alpha value is -1.84. The molecular formula is C12H14N2O2. The second kappa shape index (κ2) is 4.35. The van der Waals surface area contributed by atoms with Crippen LogP contribution in [0.5, 0.6) is 0 Å². The number of aromatic nitrogens is 2. The van der Waals surface area contributed by atoms with Gasteiger partial charge in [-0.15, -0.1) is 0 Å². The van der Waals surface area contributed by atoms with Crippen LogP contribution < -0.4 is 0 Å². The van der Waals surface area contributed by atoms with Gasteiger partial charge in [0.2, 0.25) is 0 Å². The van der Waals surface area contributed by atoms with Crippen molar-refractivity contribution < 1.29 is 9.90 Å². The van der Waals surface area contributed by atoms with Crippen molar-refractivity contribution >= 4 is 17.0 Å². The molecule has 0 spiro atoms. The van der Waals surface area contributed by atoms with Crippen LogP contribution in [0, 0.1) is 0 Å². The molecule has 0 saturated heterocycles. The molecular weight excluding hydrogens is 204 g/mol. The van der Waals surface area contributed by atoms with E-state index in [0.29, 0.717) is 0 Å². The van der Waals surface area contributed by atoms with Gasteiger partial charge in [-0.3, -0.25) is 0 Å². The molecule has 0 bridgehead atoms. The lowest BCUT2D eigenvalue weighted by molar-refractivity contribution is 0.0696. The van der Waals surface area contributed by atoms with Crippen LogP contribution in [-0.4, -0.2) is 21.0 Å². The second-order valence-corrected chi connectivity index (χ2v) is 3.84. The predicted octanol–water partition coefficient (Wildman–Crippen LogP) is 2.60. The molecule has 0 fully saturated rings. The highest BCUT2D eigenvalue weighted by molar-refractivity contribution is 5.92. The van der Waals surface area contributed by atoms with Crippen LogP contribution in [0.15, 0.2) is 18.5 Å². The van der Waals surface area contributed by atoms with E-state index < -0.39 is 5.97 Å². The molecule has 2 aromatic heterocycles. The topological polar surface area (TPSA) is 66.0 Å². The van der Waals surface area contributed by atoms with Crippen molar-refractivity contribution in [2.45, 2.75) is 26.2 Å². The van der Waals surface area contributed by atoms with E-state index >= 15 is 0 Å². The molecule has 0 saturated carbocycles. The van der Waals surface area contributed by atoms with E-state index in [2.05, 4.69) is 16.9 Å². The minimum atomic E-state index is -0.933. The van der Waals surface area contributed by atoms with Crippen molar-refractivity contribution in [3.8, 4) is 0 Å². The standard InChI is InChI=1S/C12H14N2O2/c1-2-3-4-8-6-13-11-10(8)5-9(7-14-11)12(15)16/h5-7H,2-4H2,1H3,(H,13,14)(H,15,16). The fourth-order valence-corrected chi connectivity index (χ4v) is 1.75. The van der Waals surface area contributed by atoms with Crippen molar-refractivity contribution in [2.24, 2.45) is 0 Å². The van der Waals surface area contributed by atoms with E-state index in [9.17, 15) is 4.79 Å². The fraction of sp³-hybridized carbons (Fsp3) is 0.333. The SMILES string of the molecule is CCCCc1c[nH]c2ncc(C(=O)O)cc12. The second-order valence-electron chi connectivity index (χ2n) is 3.84. The van der Waals surface area contributed by atoms with Gasteiger partial charge in [-0.05, 0) is 24.5 Å². The molecule has 0 amide bonds. The first-order valence-corrected chi connectivity index (χ1v) is 5.41. The highest BCUT2D eigenvalue weighted by atomic mass is 16.4. The molecule has 4 heteroatoms. The van der Waals surface area contributed by atoms with Gasteiger partial charge in [0, 0.05) is 17.8 Å². The number of nitrogens with one attached hydrogen (secondary N) is 1. The van der Waals surface area contributed by atoms with Crippen molar-refractivity contribution in [2.75, 3.05) is 0 Å². The van der Waals surface area contributed by atoms with Crippen molar-refractivity contribution in [1.82, 2.24) is 9.97 Å². The van der Waals surface area contributed by atoms with E-state index in [1.54, 1.807) is 6.07 Å². The Kier molecular flexibility index (Phi) is 2.90. The smallest absolute Gasteiger partial charge is 0.337 e. The van der Waals surface area contributed by atoms with E-state index in [1.165, 1.54) is 6.20 Å². The summed E-state index contributed by atoms with van der Waals surface area (Å²) in [5.41, 5.74) is 2.15. The number of nitrogens with zero attached hydrogens (tertiary/aromatic N) is 1. The molecule has 4 nitrogen and oxygen atoms in total. The predicted molar refractivity (Wildman–Crippen MR) is 61.7 cm³/mol. The van der Waals surface area contributed by atoms with E-state index in [-0.39, 0.29) is 5.56 Å². The molecule has 0 radical (unpaired) electrons. The Morgan fingerprint density at radius 3 is 3.06 bits per heavy atom. The number of fused-ring (bicyclic) bond motifs is 1. The summed E-state index contributed by atoms with van der Waals surface area (Å²) in [5.74, 6) is -0.933. The zero-order valence-corrected chi connectivity index (χ0v) is 9.16. The number of rotatable bonds is 4. The Labute approximate surface area is 93.3 Å². The summed E-state index contributed by atoms with van der Waals surface area (Å²) < 4.78 is 0. The van der Waals surface area contributed by atoms with Gasteiger partial charge in [-0.1, -0.05) is 13.3 Å². The number of carbonyl (C=O) groups is 1. The lowest BCUT2D eigenvalue weighted by Gasteiger charge is -1.98. The molecule has 0 aromatic carbocycles. The molecule has 0 aliphatic rings. The summed E-state index contributed by atoms with van der Waals surface area (Å²) in [6.45, 7) is 2.13. The third-order valence-corrected chi connectivity index (χ3v) is 2.66. The average Bonchev–Trinajstić information content (AvgIpc) is 2.68. The van der Waals surface area contributed by atoms with Crippen LogP contribution in [-0.2, 0) is 6.42 Å². The Morgan fingerprint density at radius 1 is 1.56 bits per heavy atom. The lowest BCUT2D eigenvalue weighted by Crippen LogP contribution is -1.97. The summed E-state index contributed by atoms with van der Waals surface area (Å²) in [4.78, 5) is 18.0.